The first kappa shape index (κ1) is 18.7. The van der Waals surface area contributed by atoms with Crippen LogP contribution in [0.4, 0.5) is 5.69 Å². The second kappa shape index (κ2) is 7.50. The molecule has 1 aliphatic heterocycles. The summed E-state index contributed by atoms with van der Waals surface area (Å²) in [6.07, 6.45) is 1.87. The van der Waals surface area contributed by atoms with Crippen molar-refractivity contribution in [3.63, 3.8) is 0 Å². The van der Waals surface area contributed by atoms with Gasteiger partial charge in [-0.3, -0.25) is 9.59 Å². The van der Waals surface area contributed by atoms with Gasteiger partial charge in [0.2, 0.25) is 5.91 Å². The number of benzene rings is 2. The number of thiazole rings is 1. The third kappa shape index (κ3) is 3.21. The summed E-state index contributed by atoms with van der Waals surface area (Å²) in [6, 6.07) is 17.6. The Labute approximate surface area is 177 Å². The Kier molecular flexibility index (Phi) is 4.67. The molecule has 0 bridgehead atoms. The van der Waals surface area contributed by atoms with Gasteiger partial charge in [-0.25, -0.2) is 9.67 Å². The largest absolute Gasteiger partial charge is 0.311 e. The van der Waals surface area contributed by atoms with Crippen molar-refractivity contribution in [3.8, 4) is 11.3 Å². The van der Waals surface area contributed by atoms with Crippen LogP contribution in [0.25, 0.3) is 21.5 Å². The van der Waals surface area contributed by atoms with Crippen molar-refractivity contribution in [2.75, 3.05) is 11.4 Å². The van der Waals surface area contributed by atoms with Gasteiger partial charge >= 0.3 is 0 Å². The van der Waals surface area contributed by atoms with E-state index in [1.807, 2.05) is 55.5 Å². The molecule has 0 saturated carbocycles. The highest BCUT2D eigenvalue weighted by Crippen LogP contribution is 2.30. The number of carbonyl (C=O) groups is 1. The van der Waals surface area contributed by atoms with Gasteiger partial charge in [-0.2, -0.15) is 5.10 Å². The van der Waals surface area contributed by atoms with Crippen LogP contribution in [-0.4, -0.2) is 27.2 Å². The summed E-state index contributed by atoms with van der Waals surface area (Å²) in [5, 5.41) is 5.40. The summed E-state index contributed by atoms with van der Waals surface area (Å²) >= 11 is 1.45. The topological polar surface area (TPSA) is 68.1 Å². The number of hydrogen-bond acceptors (Lipinski definition) is 5. The van der Waals surface area contributed by atoms with Gasteiger partial charge in [-0.05, 0) is 31.4 Å². The number of carbonyl (C=O) groups excluding carboxylic acids is 1. The van der Waals surface area contributed by atoms with Crippen molar-refractivity contribution in [1.29, 1.82) is 0 Å². The molecule has 1 amide bonds. The molecule has 150 valence electrons. The maximum Gasteiger partial charge on any atom is 0.294 e. The number of amides is 1. The minimum absolute atomic E-state index is 0.112. The molecular formula is C23H20N4O2S. The zero-order valence-corrected chi connectivity index (χ0v) is 17.4. The van der Waals surface area contributed by atoms with Crippen molar-refractivity contribution in [3.05, 3.63) is 75.5 Å². The van der Waals surface area contributed by atoms with Crippen LogP contribution in [0.15, 0.2) is 59.4 Å². The quantitative estimate of drug-likeness (QED) is 0.509. The van der Waals surface area contributed by atoms with Crippen LogP contribution in [0.5, 0.6) is 0 Å². The molecule has 0 unspecified atom stereocenters. The van der Waals surface area contributed by atoms with E-state index in [2.05, 4.69) is 16.1 Å². The van der Waals surface area contributed by atoms with Crippen LogP contribution in [0.1, 0.15) is 17.0 Å². The fourth-order valence-electron chi connectivity index (χ4n) is 3.96. The molecule has 6 nitrogen and oxygen atoms in total. The Balaban J connectivity index is 1.58. The number of anilines is 1. The first-order valence-corrected chi connectivity index (χ1v) is 10.8. The summed E-state index contributed by atoms with van der Waals surface area (Å²) in [5.41, 5.74) is 3.72. The second-order valence-corrected chi connectivity index (χ2v) is 8.57. The molecule has 30 heavy (non-hydrogen) atoms. The van der Waals surface area contributed by atoms with Crippen LogP contribution in [-0.2, 0) is 17.8 Å². The first-order chi connectivity index (χ1) is 14.6. The van der Waals surface area contributed by atoms with Gasteiger partial charge in [0.1, 0.15) is 12.2 Å². The summed E-state index contributed by atoms with van der Waals surface area (Å²) in [6.45, 7) is 2.41. The minimum Gasteiger partial charge on any atom is -0.311 e. The Bertz CT molecular complexity index is 1310. The van der Waals surface area contributed by atoms with Gasteiger partial charge in [0.15, 0.2) is 5.52 Å². The second-order valence-electron chi connectivity index (χ2n) is 7.37. The van der Waals surface area contributed by atoms with Gasteiger partial charge < -0.3 is 4.90 Å². The zero-order chi connectivity index (χ0) is 20.7. The number of hydrogen-bond donors (Lipinski definition) is 0. The van der Waals surface area contributed by atoms with E-state index in [1.165, 1.54) is 16.0 Å². The normalized spacial score (nSPS) is 13.4. The van der Waals surface area contributed by atoms with E-state index in [0.29, 0.717) is 17.8 Å². The van der Waals surface area contributed by atoms with Gasteiger partial charge in [-0.15, -0.1) is 11.3 Å². The predicted octanol–water partition coefficient (Wildman–Crippen LogP) is 3.81. The minimum atomic E-state index is -0.326. The van der Waals surface area contributed by atoms with E-state index in [-0.39, 0.29) is 18.0 Å². The summed E-state index contributed by atoms with van der Waals surface area (Å²) < 4.78 is 2.03. The van der Waals surface area contributed by atoms with E-state index in [9.17, 15) is 9.59 Å². The van der Waals surface area contributed by atoms with Crippen LogP contribution in [0.3, 0.4) is 0 Å². The molecule has 2 aromatic heterocycles. The Morgan fingerprint density at radius 1 is 1.10 bits per heavy atom. The molecule has 5 rings (SSSR count). The molecule has 2 aromatic carbocycles. The number of aromatic nitrogens is 3. The van der Waals surface area contributed by atoms with Gasteiger partial charge in [0.25, 0.3) is 5.56 Å². The highest BCUT2D eigenvalue weighted by molar-refractivity contribution is 7.19. The van der Waals surface area contributed by atoms with E-state index in [4.69, 9.17) is 0 Å². The fourth-order valence-corrected chi connectivity index (χ4v) is 4.88. The number of fused-ring (bicyclic) bond motifs is 2. The molecule has 0 N–H and O–H groups in total. The molecule has 0 atom stereocenters. The van der Waals surface area contributed by atoms with Crippen LogP contribution < -0.4 is 10.5 Å². The van der Waals surface area contributed by atoms with Gasteiger partial charge in [0, 0.05) is 17.8 Å². The lowest BCUT2D eigenvalue weighted by Gasteiger charge is -2.29. The number of para-hydroxylation sites is 1. The molecule has 0 saturated heterocycles. The molecule has 0 aliphatic carbocycles. The summed E-state index contributed by atoms with van der Waals surface area (Å²) in [7, 11) is 0. The molecule has 4 aromatic rings. The van der Waals surface area contributed by atoms with Crippen LogP contribution in [0.2, 0.25) is 0 Å². The molecule has 3 heterocycles. The first-order valence-electron chi connectivity index (χ1n) is 9.94. The zero-order valence-electron chi connectivity index (χ0n) is 16.5. The average Bonchev–Trinajstić information content (AvgIpc) is 3.17. The van der Waals surface area contributed by atoms with Crippen LogP contribution in [0, 0.1) is 6.92 Å². The fraction of sp³-hybridized carbons (Fsp3) is 0.217. The lowest BCUT2D eigenvalue weighted by atomic mass is 10.0. The van der Waals surface area contributed by atoms with Crippen LogP contribution >= 0.6 is 11.3 Å². The third-order valence-corrected chi connectivity index (χ3v) is 6.33. The van der Waals surface area contributed by atoms with Crippen molar-refractivity contribution in [2.45, 2.75) is 26.3 Å². The standard InChI is InChI=1S/C23H20N4O2S/c1-15-24-21-22(30-15)20(17-9-3-2-4-10-17)25-27(23(21)29)14-19(28)26-13-7-11-16-8-5-6-12-18(16)26/h2-6,8-10,12H,7,11,13-14H2,1H3. The lowest BCUT2D eigenvalue weighted by Crippen LogP contribution is -2.40. The number of rotatable bonds is 3. The average molecular weight is 417 g/mol. The highest BCUT2D eigenvalue weighted by atomic mass is 32.1. The molecule has 0 fully saturated rings. The molecule has 7 heteroatoms. The van der Waals surface area contributed by atoms with Gasteiger partial charge in [0.05, 0.1) is 9.71 Å². The molecule has 1 aliphatic rings. The van der Waals surface area contributed by atoms with Crippen molar-refractivity contribution in [2.24, 2.45) is 0 Å². The maximum absolute atomic E-state index is 13.2. The monoisotopic (exact) mass is 416 g/mol. The Morgan fingerprint density at radius 2 is 1.87 bits per heavy atom. The summed E-state index contributed by atoms with van der Waals surface area (Å²) in [5.74, 6) is -0.137. The highest BCUT2D eigenvalue weighted by Gasteiger charge is 2.24. The van der Waals surface area contributed by atoms with E-state index in [1.54, 1.807) is 4.90 Å². The maximum atomic E-state index is 13.2. The number of nitrogens with zero attached hydrogens (tertiary/aromatic N) is 4. The van der Waals surface area contributed by atoms with Gasteiger partial charge in [-0.1, -0.05) is 48.5 Å². The number of aryl methyl sites for hydroxylation is 2. The molecule has 0 radical (unpaired) electrons. The Hall–Kier alpha value is -3.32. The van der Waals surface area contributed by atoms with Crippen molar-refractivity contribution in [1.82, 2.24) is 14.8 Å². The SMILES string of the molecule is Cc1nc2c(=O)n(CC(=O)N3CCCc4ccccc43)nc(-c3ccccc3)c2s1. The predicted molar refractivity (Wildman–Crippen MR) is 119 cm³/mol. The third-order valence-electron chi connectivity index (χ3n) is 5.35. The molecular weight excluding hydrogens is 396 g/mol. The lowest BCUT2D eigenvalue weighted by molar-refractivity contribution is -0.119. The van der Waals surface area contributed by atoms with Crippen molar-refractivity contribution < 1.29 is 4.79 Å². The smallest absolute Gasteiger partial charge is 0.294 e. The van der Waals surface area contributed by atoms with Crippen molar-refractivity contribution >= 4 is 33.1 Å². The molecule has 0 spiro atoms. The van der Waals surface area contributed by atoms with E-state index >= 15 is 0 Å². The van der Waals surface area contributed by atoms with E-state index in [0.717, 1.165) is 39.4 Å². The summed E-state index contributed by atoms with van der Waals surface area (Å²) in [4.78, 5) is 32.4. The van der Waals surface area contributed by atoms with E-state index < -0.39 is 0 Å². The Morgan fingerprint density at radius 3 is 2.70 bits per heavy atom.